The van der Waals surface area contributed by atoms with E-state index < -0.39 is 0 Å². The molecule has 0 amide bonds. The highest BCUT2D eigenvalue weighted by Gasteiger charge is 2.08. The molecule has 0 saturated heterocycles. The fourth-order valence-electron chi connectivity index (χ4n) is 1.71. The van der Waals surface area contributed by atoms with Gasteiger partial charge in [0.25, 0.3) is 0 Å². The topological polar surface area (TPSA) is 26.3 Å². The summed E-state index contributed by atoms with van der Waals surface area (Å²) >= 11 is 0. The smallest absolute Gasteiger partial charge is 0.163 e. The maximum Gasteiger partial charge on any atom is 0.163 e. The van der Waals surface area contributed by atoms with E-state index in [1.807, 2.05) is 25.1 Å². The van der Waals surface area contributed by atoms with Crippen LogP contribution < -0.4 is 4.74 Å². The number of aryl methyl sites for hydroxylation is 1. The Kier molecular flexibility index (Phi) is 5.20. The Labute approximate surface area is 104 Å². The molecule has 0 N–H and O–H groups in total. The van der Waals surface area contributed by atoms with E-state index in [-0.39, 0.29) is 5.78 Å². The second-order valence-electron chi connectivity index (χ2n) is 4.94. The number of carbonyl (C=O) groups is 1. The molecule has 1 aromatic rings. The fraction of sp³-hybridized carbons (Fsp3) is 0.533. The van der Waals surface area contributed by atoms with Crippen LogP contribution >= 0.6 is 0 Å². The van der Waals surface area contributed by atoms with Crippen molar-refractivity contribution in [2.75, 3.05) is 6.61 Å². The molecule has 0 heterocycles. The fourth-order valence-corrected chi connectivity index (χ4v) is 1.71. The van der Waals surface area contributed by atoms with Crippen molar-refractivity contribution in [2.24, 2.45) is 5.92 Å². The first-order valence-corrected chi connectivity index (χ1v) is 6.25. The van der Waals surface area contributed by atoms with Gasteiger partial charge >= 0.3 is 0 Å². The molecule has 0 bridgehead atoms. The van der Waals surface area contributed by atoms with Crippen molar-refractivity contribution in [1.29, 1.82) is 0 Å². The maximum atomic E-state index is 11.4. The van der Waals surface area contributed by atoms with E-state index >= 15 is 0 Å². The third-order valence-electron chi connectivity index (χ3n) is 2.70. The van der Waals surface area contributed by atoms with Crippen molar-refractivity contribution >= 4 is 5.78 Å². The zero-order valence-corrected chi connectivity index (χ0v) is 11.2. The summed E-state index contributed by atoms with van der Waals surface area (Å²) < 4.78 is 5.71. The first-order valence-electron chi connectivity index (χ1n) is 6.25. The summed E-state index contributed by atoms with van der Waals surface area (Å²) in [5.41, 5.74) is 1.80. The minimum absolute atomic E-state index is 0.0591. The third-order valence-corrected chi connectivity index (χ3v) is 2.70. The third kappa shape index (κ3) is 4.59. The molecule has 0 aliphatic rings. The monoisotopic (exact) mass is 234 g/mol. The van der Waals surface area contributed by atoms with Crippen LogP contribution in [0.5, 0.6) is 5.75 Å². The van der Waals surface area contributed by atoms with Gasteiger partial charge in [0.2, 0.25) is 0 Å². The highest BCUT2D eigenvalue weighted by atomic mass is 16.5. The van der Waals surface area contributed by atoms with E-state index in [1.165, 1.54) is 0 Å². The number of rotatable bonds is 6. The van der Waals surface area contributed by atoms with Crippen molar-refractivity contribution in [3.8, 4) is 5.75 Å². The standard InChI is InChI=1S/C15H22O2/c1-11(2)6-5-9-17-15-10-12(3)7-8-14(15)13(4)16/h7-8,10-11H,5-6,9H2,1-4H3. The van der Waals surface area contributed by atoms with Crippen LogP contribution in [0.1, 0.15) is 49.5 Å². The van der Waals surface area contributed by atoms with Crippen LogP contribution in [0.25, 0.3) is 0 Å². The van der Waals surface area contributed by atoms with Gasteiger partial charge in [-0.25, -0.2) is 0 Å². The Balaban J connectivity index is 2.62. The quantitative estimate of drug-likeness (QED) is 0.549. The summed E-state index contributed by atoms with van der Waals surface area (Å²) in [6.07, 6.45) is 2.18. The van der Waals surface area contributed by atoms with Gasteiger partial charge in [-0.3, -0.25) is 4.79 Å². The van der Waals surface area contributed by atoms with E-state index in [1.54, 1.807) is 6.92 Å². The average Bonchev–Trinajstić information content (AvgIpc) is 2.23. The number of ether oxygens (including phenoxy) is 1. The molecule has 0 aromatic heterocycles. The van der Waals surface area contributed by atoms with Gasteiger partial charge in [0, 0.05) is 0 Å². The Morgan fingerprint density at radius 1 is 1.35 bits per heavy atom. The number of ketones is 1. The van der Waals surface area contributed by atoms with Crippen molar-refractivity contribution in [3.05, 3.63) is 29.3 Å². The molecule has 94 valence electrons. The predicted octanol–water partition coefficient (Wildman–Crippen LogP) is 4.01. The van der Waals surface area contributed by atoms with E-state index in [4.69, 9.17) is 4.74 Å². The number of hydrogen-bond acceptors (Lipinski definition) is 2. The minimum Gasteiger partial charge on any atom is -0.493 e. The molecule has 0 unspecified atom stereocenters. The molecule has 2 heteroatoms. The second kappa shape index (κ2) is 6.43. The van der Waals surface area contributed by atoms with Crippen molar-refractivity contribution < 1.29 is 9.53 Å². The highest BCUT2D eigenvalue weighted by molar-refractivity contribution is 5.96. The van der Waals surface area contributed by atoms with Gasteiger partial charge in [-0.15, -0.1) is 0 Å². The lowest BCUT2D eigenvalue weighted by molar-refractivity contribution is 0.101. The summed E-state index contributed by atoms with van der Waals surface area (Å²) in [5, 5.41) is 0. The summed E-state index contributed by atoms with van der Waals surface area (Å²) in [7, 11) is 0. The van der Waals surface area contributed by atoms with Gasteiger partial charge in [-0.05, 0) is 50.3 Å². The molecule has 0 aliphatic carbocycles. The van der Waals surface area contributed by atoms with Crippen molar-refractivity contribution in [2.45, 2.75) is 40.5 Å². The molecule has 1 rings (SSSR count). The van der Waals surface area contributed by atoms with Crippen molar-refractivity contribution in [1.82, 2.24) is 0 Å². The molecule has 0 radical (unpaired) electrons. The van der Waals surface area contributed by atoms with Crippen LogP contribution in [-0.2, 0) is 0 Å². The largest absolute Gasteiger partial charge is 0.493 e. The van der Waals surface area contributed by atoms with Crippen LogP contribution in [0.2, 0.25) is 0 Å². The number of Topliss-reactive ketones (excluding diaryl/α,β-unsaturated/α-hetero) is 1. The van der Waals surface area contributed by atoms with E-state index in [2.05, 4.69) is 13.8 Å². The van der Waals surface area contributed by atoms with Gasteiger partial charge in [0.15, 0.2) is 5.78 Å². The van der Waals surface area contributed by atoms with Crippen LogP contribution in [-0.4, -0.2) is 12.4 Å². The van der Waals surface area contributed by atoms with Crippen LogP contribution in [0.4, 0.5) is 0 Å². The van der Waals surface area contributed by atoms with Crippen LogP contribution in [0.3, 0.4) is 0 Å². The Morgan fingerprint density at radius 2 is 2.06 bits per heavy atom. The zero-order chi connectivity index (χ0) is 12.8. The van der Waals surface area contributed by atoms with E-state index in [9.17, 15) is 4.79 Å². The predicted molar refractivity (Wildman–Crippen MR) is 70.8 cm³/mol. The second-order valence-corrected chi connectivity index (χ2v) is 4.94. The molecule has 2 nitrogen and oxygen atoms in total. The SMILES string of the molecule is CC(=O)c1ccc(C)cc1OCCCC(C)C. The van der Waals surface area contributed by atoms with Gasteiger partial charge < -0.3 is 4.74 Å². The first-order chi connectivity index (χ1) is 8.00. The summed E-state index contributed by atoms with van der Waals surface area (Å²) in [4.78, 5) is 11.4. The first kappa shape index (κ1) is 13.8. The van der Waals surface area contributed by atoms with Crippen molar-refractivity contribution in [3.63, 3.8) is 0 Å². The molecule has 0 fully saturated rings. The zero-order valence-electron chi connectivity index (χ0n) is 11.2. The van der Waals surface area contributed by atoms with Gasteiger partial charge in [0.05, 0.1) is 12.2 Å². The molecule has 0 saturated carbocycles. The molecule has 0 spiro atoms. The Hall–Kier alpha value is -1.31. The minimum atomic E-state index is 0.0591. The van der Waals surface area contributed by atoms with Crippen LogP contribution in [0, 0.1) is 12.8 Å². The normalized spacial score (nSPS) is 10.6. The molecule has 0 atom stereocenters. The molecular weight excluding hydrogens is 212 g/mol. The summed E-state index contributed by atoms with van der Waals surface area (Å²) in [5.74, 6) is 1.48. The Bertz CT molecular complexity index is 381. The van der Waals surface area contributed by atoms with Gasteiger partial charge in [-0.2, -0.15) is 0 Å². The number of carbonyl (C=O) groups excluding carboxylic acids is 1. The highest BCUT2D eigenvalue weighted by Crippen LogP contribution is 2.21. The lowest BCUT2D eigenvalue weighted by atomic mass is 10.1. The maximum absolute atomic E-state index is 11.4. The van der Waals surface area contributed by atoms with E-state index in [0.717, 1.165) is 24.2 Å². The summed E-state index contributed by atoms with van der Waals surface area (Å²) in [6.45, 7) is 8.67. The van der Waals surface area contributed by atoms with E-state index in [0.29, 0.717) is 18.1 Å². The average molecular weight is 234 g/mol. The summed E-state index contributed by atoms with van der Waals surface area (Å²) in [6, 6.07) is 5.72. The number of benzene rings is 1. The van der Waals surface area contributed by atoms with Gasteiger partial charge in [-0.1, -0.05) is 19.9 Å². The molecule has 0 aliphatic heterocycles. The number of hydrogen-bond donors (Lipinski definition) is 0. The molecular formula is C15H22O2. The van der Waals surface area contributed by atoms with Gasteiger partial charge in [0.1, 0.15) is 5.75 Å². The Morgan fingerprint density at radius 3 is 2.65 bits per heavy atom. The van der Waals surface area contributed by atoms with Crippen LogP contribution in [0.15, 0.2) is 18.2 Å². The lowest BCUT2D eigenvalue weighted by Gasteiger charge is -2.11. The lowest BCUT2D eigenvalue weighted by Crippen LogP contribution is -2.04. The molecule has 17 heavy (non-hydrogen) atoms. The molecule has 1 aromatic carbocycles.